The van der Waals surface area contributed by atoms with Crippen molar-refractivity contribution >= 4 is 11.0 Å². The van der Waals surface area contributed by atoms with Crippen LogP contribution in [0.15, 0.2) is 18.3 Å². The van der Waals surface area contributed by atoms with Gasteiger partial charge in [-0.15, -0.1) is 0 Å². The molecule has 0 radical (unpaired) electrons. The van der Waals surface area contributed by atoms with Crippen LogP contribution in [0.4, 0.5) is 0 Å². The molecule has 4 heteroatoms. The van der Waals surface area contributed by atoms with Crippen LogP contribution in [0.25, 0.3) is 11.0 Å². The molecule has 0 fully saturated rings. The Hall–Kier alpha value is -1.71. The van der Waals surface area contributed by atoms with E-state index in [0.717, 1.165) is 0 Å². The molecular weight excluding hydrogens is 154 g/mol. The van der Waals surface area contributed by atoms with Crippen molar-refractivity contribution in [1.29, 1.82) is 0 Å². The lowest BCUT2D eigenvalue weighted by Crippen LogP contribution is -1.90. The summed E-state index contributed by atoms with van der Waals surface area (Å²) in [4.78, 5) is 11.8. The number of nitrogens with zero attached hydrogens (tertiary/aromatic N) is 3. The van der Waals surface area contributed by atoms with E-state index < -0.39 is 0 Å². The molecule has 0 aliphatic heterocycles. The van der Waals surface area contributed by atoms with Crippen molar-refractivity contribution in [2.24, 2.45) is 0 Å². The van der Waals surface area contributed by atoms with Gasteiger partial charge in [0.15, 0.2) is 5.52 Å². The standard InChI is InChI=1S/C8H7N3O/c1-5-10-6-3-2-4-9-7(6)8(12)11-5/h2-4H,1H3,(H,10,11,12). The molecule has 0 aromatic carbocycles. The quantitative estimate of drug-likeness (QED) is 0.627. The molecule has 1 N–H and O–H groups in total. The number of fused-ring (bicyclic) bond motifs is 1. The summed E-state index contributed by atoms with van der Waals surface area (Å²) >= 11 is 0. The van der Waals surface area contributed by atoms with E-state index in [1.165, 1.54) is 0 Å². The van der Waals surface area contributed by atoms with Crippen LogP contribution in [-0.4, -0.2) is 20.1 Å². The number of aromatic nitrogens is 3. The predicted octanol–water partition coefficient (Wildman–Crippen LogP) is 1.04. The van der Waals surface area contributed by atoms with Gasteiger partial charge in [0.2, 0.25) is 5.88 Å². The number of pyridine rings is 1. The molecule has 2 aromatic rings. The first-order valence-electron chi connectivity index (χ1n) is 3.56. The number of aryl methyl sites for hydroxylation is 1. The van der Waals surface area contributed by atoms with Gasteiger partial charge in [-0.05, 0) is 19.1 Å². The first kappa shape index (κ1) is 6.97. The summed E-state index contributed by atoms with van der Waals surface area (Å²) in [6.07, 6.45) is 1.60. The minimum absolute atomic E-state index is 0.0573. The molecule has 2 rings (SSSR count). The van der Waals surface area contributed by atoms with Gasteiger partial charge < -0.3 is 5.11 Å². The number of rotatable bonds is 0. The van der Waals surface area contributed by atoms with E-state index >= 15 is 0 Å². The molecule has 0 bridgehead atoms. The summed E-state index contributed by atoms with van der Waals surface area (Å²) in [5.41, 5.74) is 1.12. The van der Waals surface area contributed by atoms with Crippen molar-refractivity contribution in [3.8, 4) is 5.88 Å². The van der Waals surface area contributed by atoms with Crippen molar-refractivity contribution in [2.45, 2.75) is 6.92 Å². The van der Waals surface area contributed by atoms with E-state index in [-0.39, 0.29) is 5.88 Å². The summed E-state index contributed by atoms with van der Waals surface area (Å²) in [5, 5.41) is 9.34. The van der Waals surface area contributed by atoms with Crippen LogP contribution < -0.4 is 0 Å². The molecule has 2 aromatic heterocycles. The average molecular weight is 161 g/mol. The molecule has 4 nitrogen and oxygen atoms in total. The molecule has 0 saturated heterocycles. The zero-order chi connectivity index (χ0) is 8.55. The lowest BCUT2D eigenvalue weighted by atomic mass is 10.3. The summed E-state index contributed by atoms with van der Waals surface area (Å²) < 4.78 is 0. The van der Waals surface area contributed by atoms with Crippen LogP contribution in [0.1, 0.15) is 5.82 Å². The summed E-state index contributed by atoms with van der Waals surface area (Å²) in [6, 6.07) is 3.56. The Morgan fingerprint density at radius 2 is 2.17 bits per heavy atom. The van der Waals surface area contributed by atoms with E-state index in [0.29, 0.717) is 16.9 Å². The maximum atomic E-state index is 9.34. The second-order valence-corrected chi connectivity index (χ2v) is 2.47. The number of hydrogen-bond acceptors (Lipinski definition) is 4. The van der Waals surface area contributed by atoms with E-state index in [2.05, 4.69) is 15.0 Å². The first-order valence-corrected chi connectivity index (χ1v) is 3.56. The average Bonchev–Trinajstić information content (AvgIpc) is 2.04. The zero-order valence-corrected chi connectivity index (χ0v) is 6.52. The molecule has 2 heterocycles. The molecule has 0 saturated carbocycles. The Kier molecular flexibility index (Phi) is 1.40. The van der Waals surface area contributed by atoms with Crippen LogP contribution in [0.5, 0.6) is 5.88 Å². The summed E-state index contributed by atoms with van der Waals surface area (Å²) in [5.74, 6) is 0.492. The van der Waals surface area contributed by atoms with Crippen molar-refractivity contribution < 1.29 is 5.11 Å². The Bertz CT molecular complexity index is 428. The van der Waals surface area contributed by atoms with Crippen LogP contribution in [0.2, 0.25) is 0 Å². The fourth-order valence-electron chi connectivity index (χ4n) is 1.06. The van der Waals surface area contributed by atoms with Gasteiger partial charge in [0, 0.05) is 6.20 Å². The highest BCUT2D eigenvalue weighted by Gasteiger charge is 2.02. The van der Waals surface area contributed by atoms with E-state index in [9.17, 15) is 5.11 Å². The van der Waals surface area contributed by atoms with Crippen molar-refractivity contribution in [2.75, 3.05) is 0 Å². The topological polar surface area (TPSA) is 58.9 Å². The SMILES string of the molecule is Cc1nc(O)c2ncccc2n1. The van der Waals surface area contributed by atoms with Gasteiger partial charge in [0.25, 0.3) is 0 Å². The Morgan fingerprint density at radius 1 is 1.33 bits per heavy atom. The third-order valence-electron chi connectivity index (χ3n) is 1.55. The monoisotopic (exact) mass is 161 g/mol. The molecule has 60 valence electrons. The molecule has 12 heavy (non-hydrogen) atoms. The largest absolute Gasteiger partial charge is 0.492 e. The van der Waals surface area contributed by atoms with Crippen LogP contribution >= 0.6 is 0 Å². The van der Waals surface area contributed by atoms with Gasteiger partial charge in [0.1, 0.15) is 5.82 Å². The summed E-state index contributed by atoms with van der Waals surface area (Å²) in [7, 11) is 0. The molecular formula is C8H7N3O. The number of hydrogen-bond donors (Lipinski definition) is 1. The Morgan fingerprint density at radius 3 is 3.00 bits per heavy atom. The smallest absolute Gasteiger partial charge is 0.241 e. The zero-order valence-electron chi connectivity index (χ0n) is 6.52. The van der Waals surface area contributed by atoms with Gasteiger partial charge in [-0.1, -0.05) is 0 Å². The lowest BCUT2D eigenvalue weighted by molar-refractivity contribution is 0.456. The van der Waals surface area contributed by atoms with Crippen molar-refractivity contribution in [1.82, 2.24) is 15.0 Å². The minimum Gasteiger partial charge on any atom is -0.492 e. The Labute approximate surface area is 68.9 Å². The van der Waals surface area contributed by atoms with Crippen LogP contribution in [0.3, 0.4) is 0 Å². The molecule has 0 unspecified atom stereocenters. The molecule has 0 aliphatic rings. The molecule has 0 atom stereocenters. The van der Waals surface area contributed by atoms with Gasteiger partial charge in [-0.3, -0.25) is 0 Å². The Balaban J connectivity index is 2.89. The third-order valence-corrected chi connectivity index (χ3v) is 1.55. The minimum atomic E-state index is -0.0573. The predicted molar refractivity (Wildman–Crippen MR) is 43.7 cm³/mol. The van der Waals surface area contributed by atoms with E-state index in [4.69, 9.17) is 0 Å². The van der Waals surface area contributed by atoms with Crippen molar-refractivity contribution in [3.63, 3.8) is 0 Å². The van der Waals surface area contributed by atoms with E-state index in [1.807, 2.05) is 0 Å². The van der Waals surface area contributed by atoms with Gasteiger partial charge in [-0.25, -0.2) is 9.97 Å². The molecule has 0 amide bonds. The van der Waals surface area contributed by atoms with Gasteiger partial charge in [-0.2, -0.15) is 4.98 Å². The van der Waals surface area contributed by atoms with Gasteiger partial charge in [0.05, 0.1) is 5.52 Å². The lowest BCUT2D eigenvalue weighted by Gasteiger charge is -1.98. The fraction of sp³-hybridized carbons (Fsp3) is 0.125. The summed E-state index contributed by atoms with van der Waals surface area (Å²) in [6.45, 7) is 1.73. The highest BCUT2D eigenvalue weighted by Crippen LogP contribution is 2.16. The highest BCUT2D eigenvalue weighted by atomic mass is 16.3. The van der Waals surface area contributed by atoms with Crippen LogP contribution in [-0.2, 0) is 0 Å². The second-order valence-electron chi connectivity index (χ2n) is 2.47. The van der Waals surface area contributed by atoms with Crippen molar-refractivity contribution in [3.05, 3.63) is 24.2 Å². The molecule has 0 aliphatic carbocycles. The maximum Gasteiger partial charge on any atom is 0.241 e. The van der Waals surface area contributed by atoms with Gasteiger partial charge >= 0.3 is 0 Å². The normalized spacial score (nSPS) is 10.4. The van der Waals surface area contributed by atoms with Crippen LogP contribution in [0, 0.1) is 6.92 Å². The third kappa shape index (κ3) is 0.972. The second kappa shape index (κ2) is 2.41. The fourth-order valence-corrected chi connectivity index (χ4v) is 1.06. The van der Waals surface area contributed by atoms with E-state index in [1.54, 1.807) is 25.3 Å². The number of aromatic hydroxyl groups is 1. The highest BCUT2D eigenvalue weighted by molar-refractivity contribution is 5.78. The molecule has 0 spiro atoms. The first-order chi connectivity index (χ1) is 5.77. The maximum absolute atomic E-state index is 9.34.